The molecule has 0 aliphatic carbocycles. The molecule has 24 heavy (non-hydrogen) atoms. The normalized spacial score (nSPS) is 27.5. The fourth-order valence-electron chi connectivity index (χ4n) is 2.73. The van der Waals surface area contributed by atoms with Gasteiger partial charge in [0.25, 0.3) is 0 Å². The van der Waals surface area contributed by atoms with Crippen molar-refractivity contribution in [3.8, 4) is 5.75 Å². The molecule has 7 nitrogen and oxygen atoms in total. The van der Waals surface area contributed by atoms with E-state index in [2.05, 4.69) is 4.98 Å². The Labute approximate surface area is 140 Å². The maximum Gasteiger partial charge on any atom is 0.228 e. The van der Waals surface area contributed by atoms with Crippen molar-refractivity contribution in [1.29, 1.82) is 0 Å². The van der Waals surface area contributed by atoms with Gasteiger partial charge in [0.05, 0.1) is 12.2 Å². The number of hydrogen-bond donors (Lipinski definition) is 4. The van der Waals surface area contributed by atoms with Gasteiger partial charge in [0, 0.05) is 30.4 Å². The summed E-state index contributed by atoms with van der Waals surface area (Å²) < 4.78 is 11.4. The van der Waals surface area contributed by atoms with Crippen molar-refractivity contribution >= 4 is 19.1 Å². The fourth-order valence-corrected chi connectivity index (χ4v) is 3.25. The molecule has 4 atom stereocenters. The van der Waals surface area contributed by atoms with Gasteiger partial charge < -0.3 is 29.5 Å². The molecule has 0 saturated carbocycles. The molecule has 0 bridgehead atoms. The Bertz CT molecular complexity index is 684. The van der Waals surface area contributed by atoms with Crippen LogP contribution in [0.15, 0.2) is 36.7 Å². The minimum atomic E-state index is -2.00. The Kier molecular flexibility index (Phi) is 5.61. The number of aliphatic hydroxyl groups excluding tert-OH is 2. The molecular formula is C16H20NO6P. The van der Waals surface area contributed by atoms with E-state index in [1.807, 2.05) is 18.2 Å². The summed E-state index contributed by atoms with van der Waals surface area (Å²) in [6, 6.07) is 7.26. The molecule has 2 heterocycles. The van der Waals surface area contributed by atoms with Crippen molar-refractivity contribution in [1.82, 2.24) is 4.98 Å². The zero-order chi connectivity index (χ0) is 17.1. The van der Waals surface area contributed by atoms with Gasteiger partial charge in [-0.1, -0.05) is 0 Å². The number of nitrogens with zero attached hydrogens (tertiary/aromatic N) is 1. The summed E-state index contributed by atoms with van der Waals surface area (Å²) in [5, 5.41) is 22.0. The second kappa shape index (κ2) is 7.70. The van der Waals surface area contributed by atoms with Gasteiger partial charge in [0.2, 0.25) is 6.29 Å². The lowest BCUT2D eigenvalue weighted by Gasteiger charge is -2.37. The highest BCUT2D eigenvalue weighted by atomic mass is 31.2. The summed E-state index contributed by atoms with van der Waals surface area (Å²) in [4.78, 5) is 22.1. The van der Waals surface area contributed by atoms with E-state index in [1.54, 1.807) is 18.5 Å². The van der Waals surface area contributed by atoms with Crippen LogP contribution in [0.1, 0.15) is 12.8 Å². The van der Waals surface area contributed by atoms with Crippen molar-refractivity contribution in [3.05, 3.63) is 36.7 Å². The summed E-state index contributed by atoms with van der Waals surface area (Å²) in [6.07, 6.45) is 0.662. The summed E-state index contributed by atoms with van der Waals surface area (Å²) >= 11 is 0. The number of fused-ring (bicyclic) bond motifs is 1. The van der Waals surface area contributed by atoms with E-state index in [4.69, 9.17) is 19.3 Å². The number of pyridine rings is 1. The Morgan fingerprint density at radius 2 is 2.04 bits per heavy atom. The van der Waals surface area contributed by atoms with E-state index < -0.39 is 33.0 Å². The molecule has 4 unspecified atom stereocenters. The zero-order valence-corrected chi connectivity index (χ0v) is 13.8. The van der Waals surface area contributed by atoms with Gasteiger partial charge >= 0.3 is 0 Å². The van der Waals surface area contributed by atoms with E-state index in [1.165, 1.54) is 0 Å². The molecule has 130 valence electrons. The van der Waals surface area contributed by atoms with Gasteiger partial charge in [0.1, 0.15) is 11.9 Å². The van der Waals surface area contributed by atoms with Gasteiger partial charge in [-0.15, -0.1) is 0 Å². The van der Waals surface area contributed by atoms with Crippen LogP contribution in [0, 0.1) is 0 Å². The van der Waals surface area contributed by atoms with Crippen molar-refractivity contribution in [3.63, 3.8) is 0 Å². The molecular weight excluding hydrogens is 333 g/mol. The predicted octanol–water partition coefficient (Wildman–Crippen LogP) is 1.14. The van der Waals surface area contributed by atoms with Crippen molar-refractivity contribution < 1.29 is 29.5 Å². The highest BCUT2D eigenvalue weighted by Gasteiger charge is 2.38. The summed E-state index contributed by atoms with van der Waals surface area (Å²) in [5.41, 5.74) is 0. The van der Waals surface area contributed by atoms with Crippen LogP contribution in [0.4, 0.5) is 0 Å². The zero-order valence-electron chi connectivity index (χ0n) is 12.9. The smallest absolute Gasteiger partial charge is 0.228 e. The maximum absolute atomic E-state index is 10.1. The van der Waals surface area contributed by atoms with Crippen molar-refractivity contribution in [2.45, 2.75) is 37.4 Å². The number of rotatable bonds is 5. The standard InChI is InChI=1S/C16H20NO6P/c18-14-8-13(4-6-24(20)21)23-16(15(14)19)22-12-2-1-11-9-17-5-3-10(11)7-12/h1-3,5,7,9,13-16,18-21H,4,6,8H2. The molecule has 1 saturated heterocycles. The van der Waals surface area contributed by atoms with E-state index in [9.17, 15) is 10.2 Å². The van der Waals surface area contributed by atoms with E-state index >= 15 is 0 Å². The predicted molar refractivity (Wildman–Crippen MR) is 88.5 cm³/mol. The molecule has 0 radical (unpaired) electrons. The lowest BCUT2D eigenvalue weighted by atomic mass is 10.0. The molecule has 1 aliphatic heterocycles. The largest absolute Gasteiger partial charge is 0.462 e. The first kappa shape index (κ1) is 17.5. The molecule has 4 N–H and O–H groups in total. The molecule has 3 rings (SSSR count). The average Bonchev–Trinajstić information content (AvgIpc) is 2.57. The van der Waals surface area contributed by atoms with Gasteiger partial charge in [-0.3, -0.25) is 4.98 Å². The average molecular weight is 353 g/mol. The Balaban J connectivity index is 1.70. The molecule has 0 amide bonds. The first-order valence-corrected chi connectivity index (χ1v) is 9.13. The third kappa shape index (κ3) is 4.19. The van der Waals surface area contributed by atoms with Crippen LogP contribution in [0.5, 0.6) is 5.75 Å². The molecule has 1 aliphatic rings. The van der Waals surface area contributed by atoms with Gasteiger partial charge in [-0.2, -0.15) is 0 Å². The monoisotopic (exact) mass is 353 g/mol. The van der Waals surface area contributed by atoms with Crippen LogP contribution in [-0.2, 0) is 4.74 Å². The third-order valence-electron chi connectivity index (χ3n) is 4.02. The van der Waals surface area contributed by atoms with Gasteiger partial charge in [-0.25, -0.2) is 0 Å². The second-order valence-electron chi connectivity index (χ2n) is 5.81. The topological polar surface area (TPSA) is 112 Å². The third-order valence-corrected chi connectivity index (χ3v) is 4.68. The maximum atomic E-state index is 10.1. The first-order chi connectivity index (χ1) is 11.5. The number of aliphatic hydroxyl groups is 2. The van der Waals surface area contributed by atoms with Gasteiger partial charge in [-0.05, 0) is 36.1 Å². The van der Waals surface area contributed by atoms with Gasteiger partial charge in [0.15, 0.2) is 8.38 Å². The first-order valence-electron chi connectivity index (χ1n) is 7.70. The molecule has 2 aromatic rings. The van der Waals surface area contributed by atoms with E-state index in [0.717, 1.165) is 10.8 Å². The molecule has 1 fully saturated rings. The van der Waals surface area contributed by atoms with Crippen molar-refractivity contribution in [2.75, 3.05) is 6.16 Å². The Morgan fingerprint density at radius 3 is 2.83 bits per heavy atom. The van der Waals surface area contributed by atoms with Crippen LogP contribution in [0.25, 0.3) is 10.8 Å². The SMILES string of the molecule is OC1CC(CCP(O)O)OC(Oc2ccc3cnccc3c2)C1O. The highest BCUT2D eigenvalue weighted by Crippen LogP contribution is 2.30. The molecule has 1 aromatic carbocycles. The van der Waals surface area contributed by atoms with Crippen LogP contribution >= 0.6 is 8.38 Å². The quantitative estimate of drug-likeness (QED) is 0.596. The number of hydrogen-bond acceptors (Lipinski definition) is 7. The molecule has 0 spiro atoms. The fraction of sp³-hybridized carbons (Fsp3) is 0.438. The lowest BCUT2D eigenvalue weighted by Crippen LogP contribution is -2.51. The minimum absolute atomic E-state index is 0.193. The highest BCUT2D eigenvalue weighted by molar-refractivity contribution is 7.45. The van der Waals surface area contributed by atoms with Crippen LogP contribution in [0.2, 0.25) is 0 Å². The minimum Gasteiger partial charge on any atom is -0.462 e. The van der Waals surface area contributed by atoms with E-state index in [0.29, 0.717) is 12.2 Å². The van der Waals surface area contributed by atoms with Crippen LogP contribution < -0.4 is 4.74 Å². The number of ether oxygens (including phenoxy) is 2. The summed E-state index contributed by atoms with van der Waals surface area (Å²) in [5.74, 6) is 0.511. The summed E-state index contributed by atoms with van der Waals surface area (Å²) in [7, 11) is -2.00. The lowest BCUT2D eigenvalue weighted by molar-refractivity contribution is -0.235. The molecule has 1 aromatic heterocycles. The van der Waals surface area contributed by atoms with Crippen LogP contribution in [-0.4, -0.2) is 55.7 Å². The molecule has 8 heteroatoms. The Hall–Kier alpha value is -1.34. The summed E-state index contributed by atoms with van der Waals surface area (Å²) in [6.45, 7) is 0. The Morgan fingerprint density at radius 1 is 1.21 bits per heavy atom. The van der Waals surface area contributed by atoms with Crippen molar-refractivity contribution in [2.24, 2.45) is 0 Å². The van der Waals surface area contributed by atoms with Crippen LogP contribution in [0.3, 0.4) is 0 Å². The second-order valence-corrected chi connectivity index (χ2v) is 7.00. The number of benzene rings is 1. The number of aromatic nitrogens is 1. The van der Waals surface area contributed by atoms with E-state index in [-0.39, 0.29) is 12.6 Å².